The zero-order valence-corrected chi connectivity index (χ0v) is 9.81. The van der Waals surface area contributed by atoms with Gasteiger partial charge in [0.05, 0.1) is 17.1 Å². The summed E-state index contributed by atoms with van der Waals surface area (Å²) in [6.07, 6.45) is 5.13. The maximum absolute atomic E-state index is 5.79. The molecule has 0 amide bonds. The lowest BCUT2D eigenvalue weighted by atomic mass is 10.3. The van der Waals surface area contributed by atoms with Gasteiger partial charge in [0, 0.05) is 12.4 Å². The van der Waals surface area contributed by atoms with Crippen LogP contribution in [0.5, 0.6) is 0 Å². The third-order valence-corrected chi connectivity index (χ3v) is 1.96. The van der Waals surface area contributed by atoms with Crippen LogP contribution in [0.25, 0.3) is 5.82 Å². The number of hydrogen-bond acceptors (Lipinski definition) is 4. The van der Waals surface area contributed by atoms with Crippen molar-refractivity contribution < 1.29 is 0 Å². The molecule has 2 rings (SSSR count). The molecule has 4 N–H and O–H groups in total. The van der Waals surface area contributed by atoms with Gasteiger partial charge < -0.3 is 11.5 Å². The number of aromatic nitrogens is 3. The molecule has 0 radical (unpaired) electrons. The zero-order chi connectivity index (χ0) is 12.1. The van der Waals surface area contributed by atoms with E-state index in [1.165, 1.54) is 0 Å². The number of nitrogen functional groups attached to an aromatic ring is 2. The minimum absolute atomic E-state index is 0.477. The summed E-state index contributed by atoms with van der Waals surface area (Å²) in [5.41, 5.74) is 13.4. The maximum Gasteiger partial charge on any atom is 0.163 e. The minimum atomic E-state index is 0.477. The molecule has 0 aliphatic carbocycles. The quantitative estimate of drug-likeness (QED) is 0.765. The van der Waals surface area contributed by atoms with Crippen molar-refractivity contribution in [2.75, 3.05) is 11.5 Å². The fourth-order valence-corrected chi connectivity index (χ4v) is 1.22. The molecule has 0 bridgehead atoms. The molecular formula is C11H17N5. The van der Waals surface area contributed by atoms with E-state index in [1.807, 2.05) is 27.0 Å². The van der Waals surface area contributed by atoms with E-state index in [2.05, 4.69) is 9.97 Å². The highest BCUT2D eigenvalue weighted by Crippen LogP contribution is 2.20. The molecule has 0 aromatic carbocycles. The smallest absolute Gasteiger partial charge is 0.163 e. The molecule has 0 atom stereocenters. The molecule has 0 aliphatic rings. The van der Waals surface area contributed by atoms with Crippen LogP contribution < -0.4 is 11.5 Å². The van der Waals surface area contributed by atoms with E-state index in [0.29, 0.717) is 17.2 Å². The molecule has 0 aliphatic heterocycles. The first-order valence-electron chi connectivity index (χ1n) is 5.19. The SMILES string of the molecule is CC.Cc1cn(-c2nccc(N)c2N)cn1. The van der Waals surface area contributed by atoms with Gasteiger partial charge >= 0.3 is 0 Å². The molecule has 2 heterocycles. The van der Waals surface area contributed by atoms with Crippen molar-refractivity contribution in [1.29, 1.82) is 0 Å². The summed E-state index contributed by atoms with van der Waals surface area (Å²) in [6, 6.07) is 1.67. The van der Waals surface area contributed by atoms with Crippen LogP contribution in [0, 0.1) is 6.92 Å². The highest BCUT2D eigenvalue weighted by Gasteiger charge is 2.05. The van der Waals surface area contributed by atoms with Crippen molar-refractivity contribution in [2.24, 2.45) is 0 Å². The van der Waals surface area contributed by atoms with E-state index >= 15 is 0 Å². The van der Waals surface area contributed by atoms with E-state index in [9.17, 15) is 0 Å². The molecule has 86 valence electrons. The van der Waals surface area contributed by atoms with Gasteiger partial charge in [-0.15, -0.1) is 0 Å². The Bertz CT molecular complexity index is 461. The first-order chi connectivity index (χ1) is 7.68. The van der Waals surface area contributed by atoms with Gasteiger partial charge in [0.25, 0.3) is 0 Å². The number of hydrogen-bond donors (Lipinski definition) is 2. The fraction of sp³-hybridized carbons (Fsp3) is 0.273. The summed E-state index contributed by atoms with van der Waals surface area (Å²) >= 11 is 0. The van der Waals surface area contributed by atoms with Crippen LogP contribution in [-0.4, -0.2) is 14.5 Å². The first kappa shape index (κ1) is 12.0. The average Bonchev–Trinajstić information content (AvgIpc) is 2.72. The van der Waals surface area contributed by atoms with Gasteiger partial charge in [0.1, 0.15) is 6.33 Å². The second-order valence-corrected chi connectivity index (χ2v) is 3.06. The molecule has 0 unspecified atom stereocenters. The molecule has 2 aromatic rings. The van der Waals surface area contributed by atoms with Gasteiger partial charge in [-0.1, -0.05) is 13.8 Å². The maximum atomic E-state index is 5.79. The summed E-state index contributed by atoms with van der Waals surface area (Å²) in [5, 5.41) is 0. The number of imidazole rings is 1. The largest absolute Gasteiger partial charge is 0.397 e. The lowest BCUT2D eigenvalue weighted by molar-refractivity contribution is 0.998. The second-order valence-electron chi connectivity index (χ2n) is 3.06. The molecule has 0 spiro atoms. The van der Waals surface area contributed by atoms with Crippen molar-refractivity contribution in [1.82, 2.24) is 14.5 Å². The Morgan fingerprint density at radius 1 is 1.19 bits per heavy atom. The van der Waals surface area contributed by atoms with Crippen molar-refractivity contribution in [3.63, 3.8) is 0 Å². The van der Waals surface area contributed by atoms with Crippen LogP contribution in [0.2, 0.25) is 0 Å². The van der Waals surface area contributed by atoms with Crippen LogP contribution in [0.3, 0.4) is 0 Å². The summed E-state index contributed by atoms with van der Waals surface area (Å²) in [5.74, 6) is 0.616. The monoisotopic (exact) mass is 219 g/mol. The number of rotatable bonds is 1. The number of aryl methyl sites for hydroxylation is 1. The standard InChI is InChI=1S/C9H11N5.C2H6/c1-6-4-14(5-13-6)9-8(11)7(10)2-3-12-9;1-2/h2-5H,11H2,1H3,(H2,10,12);1-2H3. The van der Waals surface area contributed by atoms with E-state index in [-0.39, 0.29) is 0 Å². The zero-order valence-electron chi connectivity index (χ0n) is 9.81. The Labute approximate surface area is 95.1 Å². The highest BCUT2D eigenvalue weighted by molar-refractivity contribution is 5.70. The Kier molecular flexibility index (Phi) is 3.88. The topological polar surface area (TPSA) is 82.8 Å². The fourth-order valence-electron chi connectivity index (χ4n) is 1.22. The van der Waals surface area contributed by atoms with Gasteiger partial charge in [0.2, 0.25) is 0 Å². The van der Waals surface area contributed by atoms with Gasteiger partial charge in [-0.2, -0.15) is 0 Å². The lowest BCUT2D eigenvalue weighted by Gasteiger charge is -2.06. The Balaban J connectivity index is 0.000000606. The Morgan fingerprint density at radius 2 is 1.88 bits per heavy atom. The van der Waals surface area contributed by atoms with Crippen molar-refractivity contribution in [3.05, 3.63) is 30.5 Å². The molecule has 5 heteroatoms. The predicted octanol–water partition coefficient (Wildman–Crippen LogP) is 1.77. The summed E-state index contributed by atoms with van der Waals surface area (Å²) in [4.78, 5) is 8.23. The third-order valence-electron chi connectivity index (χ3n) is 1.96. The minimum Gasteiger partial charge on any atom is -0.397 e. The first-order valence-corrected chi connectivity index (χ1v) is 5.19. The van der Waals surface area contributed by atoms with Crippen LogP contribution in [0.15, 0.2) is 24.8 Å². The normalized spacial score (nSPS) is 9.44. The number of pyridine rings is 1. The van der Waals surface area contributed by atoms with E-state index in [1.54, 1.807) is 23.2 Å². The summed E-state index contributed by atoms with van der Waals surface area (Å²) in [6.45, 7) is 5.90. The molecule has 2 aromatic heterocycles. The number of nitrogens with two attached hydrogens (primary N) is 2. The van der Waals surface area contributed by atoms with Crippen molar-refractivity contribution in [2.45, 2.75) is 20.8 Å². The predicted molar refractivity (Wildman–Crippen MR) is 66.3 cm³/mol. The average molecular weight is 219 g/mol. The molecular weight excluding hydrogens is 202 g/mol. The molecule has 0 saturated carbocycles. The number of nitrogens with zero attached hydrogens (tertiary/aromatic N) is 3. The van der Waals surface area contributed by atoms with Gasteiger partial charge in [-0.05, 0) is 13.0 Å². The highest BCUT2D eigenvalue weighted by atomic mass is 15.1. The third kappa shape index (κ3) is 2.31. The molecule has 5 nitrogen and oxygen atoms in total. The summed E-state index contributed by atoms with van der Waals surface area (Å²) < 4.78 is 1.75. The second kappa shape index (κ2) is 5.16. The van der Waals surface area contributed by atoms with Gasteiger partial charge in [0.15, 0.2) is 5.82 Å². The van der Waals surface area contributed by atoms with Gasteiger partial charge in [-0.25, -0.2) is 9.97 Å². The Morgan fingerprint density at radius 3 is 2.44 bits per heavy atom. The van der Waals surface area contributed by atoms with Crippen LogP contribution in [-0.2, 0) is 0 Å². The van der Waals surface area contributed by atoms with E-state index in [4.69, 9.17) is 11.5 Å². The van der Waals surface area contributed by atoms with Crippen molar-refractivity contribution >= 4 is 11.4 Å². The lowest BCUT2D eigenvalue weighted by Crippen LogP contribution is -2.03. The van der Waals surface area contributed by atoms with Crippen LogP contribution in [0.4, 0.5) is 11.4 Å². The van der Waals surface area contributed by atoms with Gasteiger partial charge in [-0.3, -0.25) is 4.57 Å². The molecule has 0 fully saturated rings. The van der Waals surface area contributed by atoms with Crippen LogP contribution >= 0.6 is 0 Å². The molecule has 0 saturated heterocycles. The number of anilines is 2. The van der Waals surface area contributed by atoms with Crippen molar-refractivity contribution in [3.8, 4) is 5.82 Å². The Hall–Kier alpha value is -2.04. The van der Waals surface area contributed by atoms with Crippen LogP contribution in [0.1, 0.15) is 19.5 Å². The van der Waals surface area contributed by atoms with E-state index < -0.39 is 0 Å². The van der Waals surface area contributed by atoms with E-state index in [0.717, 1.165) is 5.69 Å². The molecule has 16 heavy (non-hydrogen) atoms. The summed E-state index contributed by atoms with van der Waals surface area (Å²) in [7, 11) is 0.